The first kappa shape index (κ1) is 13.1. The van der Waals surface area contributed by atoms with Crippen molar-refractivity contribution in [3.8, 4) is 16.9 Å². The summed E-state index contributed by atoms with van der Waals surface area (Å²) in [4.78, 5) is 15.4. The predicted octanol–water partition coefficient (Wildman–Crippen LogP) is 2.89. The number of pyridine rings is 1. The molecule has 2 aromatic heterocycles. The summed E-state index contributed by atoms with van der Waals surface area (Å²) in [5, 5.41) is 7.39. The van der Waals surface area contributed by atoms with Crippen molar-refractivity contribution in [3.05, 3.63) is 60.9 Å². The molecule has 1 aromatic carbocycles. The fourth-order valence-corrected chi connectivity index (χ4v) is 2.08. The lowest BCUT2D eigenvalue weighted by atomic mass is 10.2. The van der Waals surface area contributed by atoms with Crippen LogP contribution in [0.3, 0.4) is 0 Å². The third-order valence-electron chi connectivity index (χ3n) is 2.99. The van der Waals surface area contributed by atoms with E-state index in [0.717, 1.165) is 16.9 Å². The zero-order valence-corrected chi connectivity index (χ0v) is 11.5. The molecule has 0 aliphatic carbocycles. The molecule has 3 aromatic rings. The molecule has 104 valence electrons. The van der Waals surface area contributed by atoms with Gasteiger partial charge in [-0.05, 0) is 24.3 Å². The fraction of sp³-hybridized carbons (Fsp3) is 0.0625. The van der Waals surface area contributed by atoms with Crippen LogP contribution in [0.2, 0.25) is 0 Å². The Morgan fingerprint density at radius 2 is 1.81 bits per heavy atom. The van der Waals surface area contributed by atoms with Gasteiger partial charge in [-0.15, -0.1) is 0 Å². The van der Waals surface area contributed by atoms with Crippen LogP contribution >= 0.6 is 0 Å². The van der Waals surface area contributed by atoms with Gasteiger partial charge < -0.3 is 5.32 Å². The largest absolute Gasteiger partial charge is 0.311 e. The van der Waals surface area contributed by atoms with Crippen LogP contribution in [0.15, 0.2) is 60.9 Å². The van der Waals surface area contributed by atoms with Gasteiger partial charge in [0.15, 0.2) is 0 Å². The number of nitrogens with one attached hydrogen (secondary N) is 1. The Balaban J connectivity index is 2.10. The van der Waals surface area contributed by atoms with Crippen molar-refractivity contribution in [2.45, 2.75) is 6.92 Å². The number of carbonyl (C=O) groups excluding carboxylic acids is 1. The summed E-state index contributed by atoms with van der Waals surface area (Å²) in [5.41, 5.74) is 2.62. The third kappa shape index (κ3) is 2.81. The first-order valence-electron chi connectivity index (χ1n) is 6.57. The van der Waals surface area contributed by atoms with E-state index < -0.39 is 0 Å². The van der Waals surface area contributed by atoms with Crippen molar-refractivity contribution in [1.29, 1.82) is 0 Å². The molecule has 0 saturated heterocycles. The minimum Gasteiger partial charge on any atom is -0.311 e. The van der Waals surface area contributed by atoms with Crippen LogP contribution in [0.25, 0.3) is 16.9 Å². The summed E-state index contributed by atoms with van der Waals surface area (Å²) in [6.45, 7) is 1.48. The van der Waals surface area contributed by atoms with Crippen molar-refractivity contribution < 1.29 is 4.79 Å². The molecule has 0 aliphatic heterocycles. The number of anilines is 1. The summed E-state index contributed by atoms with van der Waals surface area (Å²) in [6, 6.07) is 15.3. The maximum Gasteiger partial charge on any atom is 0.222 e. The van der Waals surface area contributed by atoms with E-state index in [1.54, 1.807) is 17.1 Å². The molecule has 0 unspecified atom stereocenters. The molecule has 3 rings (SSSR count). The average Bonchev–Trinajstić information content (AvgIpc) is 2.92. The smallest absolute Gasteiger partial charge is 0.222 e. The summed E-state index contributed by atoms with van der Waals surface area (Å²) in [5.74, 6) is 0.508. The molecule has 5 heteroatoms. The molecular formula is C16H14N4O. The number of benzene rings is 1. The minimum absolute atomic E-state index is 0.131. The second kappa shape index (κ2) is 5.58. The van der Waals surface area contributed by atoms with Crippen LogP contribution in [0.4, 0.5) is 5.82 Å². The van der Waals surface area contributed by atoms with Gasteiger partial charge in [0.05, 0.1) is 11.4 Å². The molecule has 5 nitrogen and oxygen atoms in total. The number of aromatic nitrogens is 3. The van der Waals surface area contributed by atoms with Crippen LogP contribution in [0.5, 0.6) is 0 Å². The number of amides is 1. The number of hydrogen-bond donors (Lipinski definition) is 1. The highest BCUT2D eigenvalue weighted by molar-refractivity contribution is 5.88. The van der Waals surface area contributed by atoms with Crippen molar-refractivity contribution in [2.24, 2.45) is 0 Å². The Hall–Kier alpha value is -2.95. The van der Waals surface area contributed by atoms with E-state index in [1.807, 2.05) is 48.5 Å². The molecule has 0 spiro atoms. The number of para-hydroxylation sites is 1. The van der Waals surface area contributed by atoms with Crippen LogP contribution < -0.4 is 5.32 Å². The molecule has 1 N–H and O–H groups in total. The quantitative estimate of drug-likeness (QED) is 0.801. The first-order valence-corrected chi connectivity index (χ1v) is 6.57. The van der Waals surface area contributed by atoms with Gasteiger partial charge in [-0.3, -0.25) is 9.78 Å². The lowest BCUT2D eigenvalue weighted by molar-refractivity contribution is -0.114. The maximum atomic E-state index is 11.4. The van der Waals surface area contributed by atoms with Gasteiger partial charge in [-0.25, -0.2) is 4.68 Å². The molecule has 0 atom stereocenters. The summed E-state index contributed by atoms with van der Waals surface area (Å²) >= 11 is 0. The number of carbonyl (C=O) groups is 1. The van der Waals surface area contributed by atoms with Crippen molar-refractivity contribution >= 4 is 11.7 Å². The highest BCUT2D eigenvalue weighted by atomic mass is 16.1. The summed E-state index contributed by atoms with van der Waals surface area (Å²) < 4.78 is 1.72. The Kier molecular flexibility index (Phi) is 3.47. The zero-order valence-electron chi connectivity index (χ0n) is 11.5. The Morgan fingerprint density at radius 3 is 2.48 bits per heavy atom. The van der Waals surface area contributed by atoms with Crippen LogP contribution in [0, 0.1) is 0 Å². The van der Waals surface area contributed by atoms with Gasteiger partial charge in [0.25, 0.3) is 0 Å². The van der Waals surface area contributed by atoms with Crippen molar-refractivity contribution in [3.63, 3.8) is 0 Å². The predicted molar refractivity (Wildman–Crippen MR) is 81.1 cm³/mol. The van der Waals surface area contributed by atoms with E-state index in [2.05, 4.69) is 15.4 Å². The second-order valence-corrected chi connectivity index (χ2v) is 4.58. The summed E-state index contributed by atoms with van der Waals surface area (Å²) in [7, 11) is 0. The third-order valence-corrected chi connectivity index (χ3v) is 2.99. The van der Waals surface area contributed by atoms with E-state index in [1.165, 1.54) is 6.92 Å². The molecule has 0 aliphatic rings. The lowest BCUT2D eigenvalue weighted by Crippen LogP contribution is -2.10. The SMILES string of the molecule is CC(=O)Nc1cc(-c2ccncc2)nn1-c1ccccc1. The van der Waals surface area contributed by atoms with Crippen LogP contribution in [-0.4, -0.2) is 20.7 Å². The van der Waals surface area contributed by atoms with E-state index >= 15 is 0 Å². The van der Waals surface area contributed by atoms with Crippen LogP contribution in [0.1, 0.15) is 6.92 Å². The van der Waals surface area contributed by atoms with Gasteiger partial charge in [0.2, 0.25) is 5.91 Å². The number of nitrogens with zero attached hydrogens (tertiary/aromatic N) is 3. The average molecular weight is 278 g/mol. The molecular weight excluding hydrogens is 264 g/mol. The maximum absolute atomic E-state index is 11.4. The normalized spacial score (nSPS) is 10.3. The van der Waals surface area contributed by atoms with E-state index in [-0.39, 0.29) is 5.91 Å². The molecule has 0 fully saturated rings. The molecule has 0 saturated carbocycles. The Morgan fingerprint density at radius 1 is 1.10 bits per heavy atom. The van der Waals surface area contributed by atoms with Crippen molar-refractivity contribution in [1.82, 2.24) is 14.8 Å². The topological polar surface area (TPSA) is 59.8 Å². The van der Waals surface area contributed by atoms with Gasteiger partial charge in [-0.1, -0.05) is 18.2 Å². The number of rotatable bonds is 3. The van der Waals surface area contributed by atoms with Gasteiger partial charge in [0.1, 0.15) is 5.82 Å². The van der Waals surface area contributed by atoms with Gasteiger partial charge >= 0.3 is 0 Å². The highest BCUT2D eigenvalue weighted by Gasteiger charge is 2.11. The standard InChI is InChI=1S/C16H14N4O/c1-12(21)18-16-11-15(13-7-9-17-10-8-13)19-20(16)14-5-3-2-4-6-14/h2-11H,1H3,(H,18,21). The second-order valence-electron chi connectivity index (χ2n) is 4.58. The van der Waals surface area contributed by atoms with Gasteiger partial charge in [0, 0.05) is 30.9 Å². The first-order chi connectivity index (χ1) is 10.2. The molecule has 0 radical (unpaired) electrons. The molecule has 21 heavy (non-hydrogen) atoms. The van der Waals surface area contributed by atoms with Gasteiger partial charge in [-0.2, -0.15) is 5.10 Å². The monoisotopic (exact) mass is 278 g/mol. The lowest BCUT2D eigenvalue weighted by Gasteiger charge is -2.06. The minimum atomic E-state index is -0.131. The fourth-order valence-electron chi connectivity index (χ4n) is 2.08. The molecule has 1 amide bonds. The molecule has 2 heterocycles. The van der Waals surface area contributed by atoms with Crippen LogP contribution in [-0.2, 0) is 4.79 Å². The van der Waals surface area contributed by atoms with E-state index in [4.69, 9.17) is 0 Å². The summed E-state index contributed by atoms with van der Waals surface area (Å²) in [6.07, 6.45) is 3.43. The van der Waals surface area contributed by atoms with E-state index in [0.29, 0.717) is 5.82 Å². The zero-order chi connectivity index (χ0) is 14.7. The molecule has 0 bridgehead atoms. The van der Waals surface area contributed by atoms with E-state index in [9.17, 15) is 4.79 Å². The number of hydrogen-bond acceptors (Lipinski definition) is 3. The Bertz CT molecular complexity index is 750. The highest BCUT2D eigenvalue weighted by Crippen LogP contribution is 2.24. The van der Waals surface area contributed by atoms with Crippen molar-refractivity contribution in [2.75, 3.05) is 5.32 Å². The Labute approximate surface area is 122 Å².